The Morgan fingerprint density at radius 1 is 1.06 bits per heavy atom. The molecule has 1 aliphatic heterocycles. The highest BCUT2D eigenvalue weighted by atomic mass is 19.2. The predicted molar refractivity (Wildman–Crippen MR) is 134 cm³/mol. The summed E-state index contributed by atoms with van der Waals surface area (Å²) >= 11 is 0. The van der Waals surface area contributed by atoms with Crippen molar-refractivity contribution < 1.29 is 13.7 Å². The second-order valence-electron chi connectivity index (χ2n) is 9.36. The minimum Gasteiger partial charge on any atom is -0.352 e. The standard InChI is InChI=1S/C25H27F2N7O2/c1-31(2)15-22-29-23-18-14-17(34(35)36)4-6-21(18)28-24(23)25(30-22)33-11-9-32(10-12-33)8-7-16-3-5-19(26)20(27)13-16/h3-6,13-14,28H,7-12,15H2,1-2H3. The first kappa shape index (κ1) is 24.0. The number of nitro groups is 1. The Balaban J connectivity index is 1.39. The molecule has 0 amide bonds. The number of nitrogens with zero attached hydrogens (tertiary/aromatic N) is 6. The third-order valence-corrected chi connectivity index (χ3v) is 6.50. The van der Waals surface area contributed by atoms with Gasteiger partial charge in [-0.25, -0.2) is 18.7 Å². The van der Waals surface area contributed by atoms with Gasteiger partial charge in [0.05, 0.1) is 11.5 Å². The number of aromatic nitrogens is 3. The Kier molecular flexibility index (Phi) is 6.50. The van der Waals surface area contributed by atoms with Gasteiger partial charge in [0.2, 0.25) is 0 Å². The van der Waals surface area contributed by atoms with E-state index in [9.17, 15) is 18.9 Å². The van der Waals surface area contributed by atoms with E-state index in [0.717, 1.165) is 55.1 Å². The quantitative estimate of drug-likeness (QED) is 0.308. The zero-order chi connectivity index (χ0) is 25.4. The molecule has 0 saturated carbocycles. The number of fused-ring (bicyclic) bond motifs is 3. The van der Waals surface area contributed by atoms with Gasteiger partial charge in [-0.1, -0.05) is 6.07 Å². The van der Waals surface area contributed by atoms with Crippen molar-refractivity contribution >= 4 is 33.4 Å². The van der Waals surface area contributed by atoms with E-state index in [-0.39, 0.29) is 5.69 Å². The van der Waals surface area contributed by atoms with E-state index in [1.165, 1.54) is 18.2 Å². The topological polar surface area (TPSA) is 94.4 Å². The highest BCUT2D eigenvalue weighted by molar-refractivity contribution is 6.09. The molecule has 2 aromatic heterocycles. The van der Waals surface area contributed by atoms with Gasteiger partial charge in [0.25, 0.3) is 5.69 Å². The molecule has 0 bridgehead atoms. The summed E-state index contributed by atoms with van der Waals surface area (Å²) in [5.74, 6) is -0.210. The van der Waals surface area contributed by atoms with Crippen LogP contribution in [0.3, 0.4) is 0 Å². The average molecular weight is 496 g/mol. The first-order valence-electron chi connectivity index (χ1n) is 11.8. The molecule has 188 valence electrons. The third-order valence-electron chi connectivity index (χ3n) is 6.50. The van der Waals surface area contributed by atoms with Gasteiger partial charge in [-0.05, 0) is 44.3 Å². The number of rotatable bonds is 7. The van der Waals surface area contributed by atoms with E-state index in [1.807, 2.05) is 19.0 Å². The van der Waals surface area contributed by atoms with Gasteiger partial charge in [-0.3, -0.25) is 15.0 Å². The first-order chi connectivity index (χ1) is 17.3. The molecule has 0 spiro atoms. The molecule has 0 atom stereocenters. The molecule has 1 aliphatic rings. The molecule has 36 heavy (non-hydrogen) atoms. The minimum absolute atomic E-state index is 0.0207. The van der Waals surface area contributed by atoms with Crippen molar-refractivity contribution in [2.75, 3.05) is 51.7 Å². The van der Waals surface area contributed by atoms with Crippen LogP contribution in [0.4, 0.5) is 20.3 Å². The number of non-ortho nitro benzene ring substituents is 1. The zero-order valence-electron chi connectivity index (χ0n) is 20.2. The second-order valence-corrected chi connectivity index (χ2v) is 9.36. The summed E-state index contributed by atoms with van der Waals surface area (Å²) in [4.78, 5) is 30.4. The maximum absolute atomic E-state index is 13.5. The Morgan fingerprint density at radius 2 is 1.83 bits per heavy atom. The number of nitro benzene ring substituents is 1. The van der Waals surface area contributed by atoms with Crippen LogP contribution >= 0.6 is 0 Å². The summed E-state index contributed by atoms with van der Waals surface area (Å²) in [6.07, 6.45) is 0.642. The van der Waals surface area contributed by atoms with E-state index in [1.54, 1.807) is 18.2 Å². The lowest BCUT2D eigenvalue weighted by Crippen LogP contribution is -2.47. The lowest BCUT2D eigenvalue weighted by Gasteiger charge is -2.35. The van der Waals surface area contributed by atoms with E-state index < -0.39 is 16.6 Å². The third kappa shape index (κ3) is 4.84. The van der Waals surface area contributed by atoms with Crippen molar-refractivity contribution in [3.63, 3.8) is 0 Å². The molecule has 2 aromatic carbocycles. The molecule has 0 aliphatic carbocycles. The molecule has 1 fully saturated rings. The molecule has 0 unspecified atom stereocenters. The number of piperazine rings is 1. The molecule has 11 heteroatoms. The Labute approximate surface area is 206 Å². The van der Waals surface area contributed by atoms with Crippen molar-refractivity contribution in [2.24, 2.45) is 0 Å². The lowest BCUT2D eigenvalue weighted by molar-refractivity contribution is -0.384. The minimum atomic E-state index is -0.830. The largest absolute Gasteiger partial charge is 0.352 e. The van der Waals surface area contributed by atoms with Crippen molar-refractivity contribution in [3.05, 3.63) is 69.5 Å². The summed E-state index contributed by atoms with van der Waals surface area (Å²) < 4.78 is 26.7. The fourth-order valence-corrected chi connectivity index (χ4v) is 4.64. The van der Waals surface area contributed by atoms with E-state index >= 15 is 0 Å². The SMILES string of the molecule is CN(C)Cc1nc(N2CCN(CCc3ccc(F)c(F)c3)CC2)c2[nH]c3ccc([N+](=O)[O-])cc3c2n1. The van der Waals surface area contributed by atoms with Gasteiger partial charge < -0.3 is 14.8 Å². The number of benzene rings is 2. The Hall–Kier alpha value is -3.70. The normalized spacial score (nSPS) is 14.9. The first-order valence-corrected chi connectivity index (χ1v) is 11.8. The Bertz CT molecular complexity index is 1430. The van der Waals surface area contributed by atoms with Crippen molar-refractivity contribution in [1.82, 2.24) is 24.8 Å². The maximum atomic E-state index is 13.5. The molecule has 5 rings (SSSR count). The van der Waals surface area contributed by atoms with E-state index in [2.05, 4.69) is 14.8 Å². The second kappa shape index (κ2) is 9.75. The number of hydrogen-bond donors (Lipinski definition) is 1. The number of anilines is 1. The highest BCUT2D eigenvalue weighted by Crippen LogP contribution is 2.32. The molecule has 0 radical (unpaired) electrons. The van der Waals surface area contributed by atoms with E-state index in [0.29, 0.717) is 29.7 Å². The van der Waals surface area contributed by atoms with Gasteiger partial charge in [0, 0.05) is 55.8 Å². The van der Waals surface area contributed by atoms with Crippen molar-refractivity contribution in [1.29, 1.82) is 0 Å². The summed E-state index contributed by atoms with van der Waals surface area (Å²) in [6.45, 7) is 4.36. The highest BCUT2D eigenvalue weighted by Gasteiger charge is 2.23. The monoisotopic (exact) mass is 495 g/mol. The van der Waals surface area contributed by atoms with Crippen LogP contribution in [0.25, 0.3) is 21.9 Å². The Morgan fingerprint density at radius 3 is 2.53 bits per heavy atom. The van der Waals surface area contributed by atoms with Crippen LogP contribution in [0.1, 0.15) is 11.4 Å². The van der Waals surface area contributed by atoms with Gasteiger partial charge in [-0.15, -0.1) is 0 Å². The molecular formula is C25H27F2N7O2. The molecule has 4 aromatic rings. The van der Waals surface area contributed by atoms with Gasteiger partial charge in [0.15, 0.2) is 17.5 Å². The number of nitrogens with one attached hydrogen (secondary N) is 1. The van der Waals surface area contributed by atoms with Crippen LogP contribution in [0.2, 0.25) is 0 Å². The molecule has 1 saturated heterocycles. The number of hydrogen-bond acceptors (Lipinski definition) is 7. The van der Waals surface area contributed by atoms with Crippen LogP contribution in [0.5, 0.6) is 0 Å². The summed E-state index contributed by atoms with van der Waals surface area (Å²) in [7, 11) is 3.89. The van der Waals surface area contributed by atoms with Crippen LogP contribution in [0, 0.1) is 21.7 Å². The number of aromatic amines is 1. The molecule has 3 heterocycles. The van der Waals surface area contributed by atoms with Crippen LogP contribution < -0.4 is 4.90 Å². The van der Waals surface area contributed by atoms with Gasteiger partial charge >= 0.3 is 0 Å². The van der Waals surface area contributed by atoms with E-state index in [4.69, 9.17) is 9.97 Å². The molecular weight excluding hydrogens is 468 g/mol. The number of H-pyrrole nitrogens is 1. The van der Waals surface area contributed by atoms with Crippen LogP contribution in [-0.4, -0.2) is 76.5 Å². The molecule has 9 nitrogen and oxygen atoms in total. The summed E-state index contributed by atoms with van der Waals surface area (Å²) in [6, 6.07) is 8.80. The van der Waals surface area contributed by atoms with Crippen molar-refractivity contribution in [3.8, 4) is 0 Å². The van der Waals surface area contributed by atoms with Crippen LogP contribution in [0.15, 0.2) is 36.4 Å². The fourth-order valence-electron chi connectivity index (χ4n) is 4.64. The van der Waals surface area contributed by atoms with Crippen LogP contribution in [-0.2, 0) is 13.0 Å². The summed E-state index contributed by atoms with van der Waals surface area (Å²) in [5, 5.41) is 12.0. The predicted octanol–water partition coefficient (Wildman–Crippen LogP) is 3.72. The van der Waals surface area contributed by atoms with Gasteiger partial charge in [-0.2, -0.15) is 0 Å². The lowest BCUT2D eigenvalue weighted by atomic mass is 10.1. The summed E-state index contributed by atoms with van der Waals surface area (Å²) in [5.41, 5.74) is 3.01. The fraction of sp³-hybridized carbons (Fsp3) is 0.360. The molecule has 1 N–H and O–H groups in total. The number of halogens is 2. The maximum Gasteiger partial charge on any atom is 0.270 e. The zero-order valence-corrected chi connectivity index (χ0v) is 20.2. The van der Waals surface area contributed by atoms with Crippen molar-refractivity contribution in [2.45, 2.75) is 13.0 Å². The smallest absolute Gasteiger partial charge is 0.270 e. The van der Waals surface area contributed by atoms with Gasteiger partial charge in [0.1, 0.15) is 16.9 Å². The average Bonchev–Trinajstić information content (AvgIpc) is 3.22.